The third kappa shape index (κ3) is 3.02. The van der Waals surface area contributed by atoms with Gasteiger partial charge in [0, 0.05) is 25.5 Å². The lowest BCUT2D eigenvalue weighted by Crippen LogP contribution is -2.06. The summed E-state index contributed by atoms with van der Waals surface area (Å²) >= 11 is 1.58. The first-order valence-electron chi connectivity index (χ1n) is 4.86. The van der Waals surface area contributed by atoms with Gasteiger partial charge in [-0.15, -0.1) is 10.2 Å². The van der Waals surface area contributed by atoms with Crippen LogP contribution < -0.4 is 5.32 Å². The van der Waals surface area contributed by atoms with Crippen LogP contribution in [0, 0.1) is 6.92 Å². The molecular formula is C9H13N5S. The average molecular weight is 223 g/mol. The number of anilines is 1. The molecule has 2 heterocycles. The fraction of sp³-hybridized carbons (Fsp3) is 0.444. The van der Waals surface area contributed by atoms with Gasteiger partial charge < -0.3 is 5.32 Å². The van der Waals surface area contributed by atoms with E-state index < -0.39 is 0 Å². The fourth-order valence-corrected chi connectivity index (χ4v) is 1.85. The molecule has 0 amide bonds. The lowest BCUT2D eigenvalue weighted by molar-refractivity contribution is 0.591. The maximum atomic E-state index is 4.13. The smallest absolute Gasteiger partial charge is 0.205 e. The number of nitrogens with zero attached hydrogens (tertiary/aromatic N) is 4. The fourth-order valence-electron chi connectivity index (χ4n) is 1.24. The number of aryl methyl sites for hydroxylation is 2. The Kier molecular flexibility index (Phi) is 3.29. The average Bonchev–Trinajstić information content (AvgIpc) is 2.84. The Bertz CT molecular complexity index is 394. The summed E-state index contributed by atoms with van der Waals surface area (Å²) in [6.45, 7) is 3.78. The van der Waals surface area contributed by atoms with Crippen molar-refractivity contribution in [3.63, 3.8) is 0 Å². The van der Waals surface area contributed by atoms with Crippen LogP contribution in [0.4, 0.5) is 5.13 Å². The quantitative estimate of drug-likeness (QED) is 0.781. The Morgan fingerprint density at radius 3 is 3.07 bits per heavy atom. The summed E-state index contributed by atoms with van der Waals surface area (Å²) in [5.74, 6) is 0. The van der Waals surface area contributed by atoms with Gasteiger partial charge in [0.05, 0.1) is 0 Å². The standard InChI is InChI=1S/C9H13N5S/c1-8-12-13-9(15-8)10-4-2-6-14-7-3-5-11-14/h3,5,7H,2,4,6H2,1H3,(H,10,13). The van der Waals surface area contributed by atoms with E-state index in [4.69, 9.17) is 0 Å². The molecule has 0 aliphatic rings. The van der Waals surface area contributed by atoms with Gasteiger partial charge in [-0.2, -0.15) is 5.10 Å². The van der Waals surface area contributed by atoms with Crippen molar-refractivity contribution in [3.05, 3.63) is 23.5 Å². The van der Waals surface area contributed by atoms with Gasteiger partial charge in [-0.25, -0.2) is 0 Å². The number of nitrogens with one attached hydrogen (secondary N) is 1. The molecule has 6 heteroatoms. The van der Waals surface area contributed by atoms with E-state index >= 15 is 0 Å². The Morgan fingerprint density at radius 2 is 2.40 bits per heavy atom. The Balaban J connectivity index is 1.67. The highest BCUT2D eigenvalue weighted by atomic mass is 32.1. The first kappa shape index (κ1) is 10.1. The van der Waals surface area contributed by atoms with Crippen LogP contribution in [0.5, 0.6) is 0 Å². The van der Waals surface area contributed by atoms with Gasteiger partial charge in [-0.05, 0) is 19.4 Å². The van der Waals surface area contributed by atoms with Crippen molar-refractivity contribution in [2.45, 2.75) is 19.9 Å². The molecule has 0 unspecified atom stereocenters. The van der Waals surface area contributed by atoms with Crippen LogP contribution in [0.25, 0.3) is 0 Å². The van der Waals surface area contributed by atoms with Crippen molar-refractivity contribution < 1.29 is 0 Å². The summed E-state index contributed by atoms with van der Waals surface area (Å²) in [6, 6.07) is 1.93. The molecule has 0 saturated carbocycles. The largest absolute Gasteiger partial charge is 0.360 e. The molecule has 0 atom stereocenters. The zero-order valence-electron chi connectivity index (χ0n) is 8.55. The molecule has 15 heavy (non-hydrogen) atoms. The zero-order chi connectivity index (χ0) is 10.5. The van der Waals surface area contributed by atoms with Crippen LogP contribution >= 0.6 is 11.3 Å². The SMILES string of the molecule is Cc1nnc(NCCCn2cccn2)s1. The Hall–Kier alpha value is -1.43. The minimum atomic E-state index is 0.896. The van der Waals surface area contributed by atoms with Crippen LogP contribution in [-0.2, 0) is 6.54 Å². The van der Waals surface area contributed by atoms with Gasteiger partial charge in [-0.1, -0.05) is 11.3 Å². The highest BCUT2D eigenvalue weighted by Crippen LogP contribution is 2.13. The molecule has 0 aromatic carbocycles. The molecule has 0 fully saturated rings. The molecule has 0 aliphatic heterocycles. The summed E-state index contributed by atoms with van der Waals surface area (Å²) in [4.78, 5) is 0. The van der Waals surface area contributed by atoms with Crippen molar-refractivity contribution >= 4 is 16.5 Å². The third-order valence-corrected chi connectivity index (χ3v) is 2.72. The van der Waals surface area contributed by atoms with Gasteiger partial charge in [0.1, 0.15) is 5.01 Å². The minimum absolute atomic E-state index is 0.896. The van der Waals surface area contributed by atoms with Crippen LogP contribution in [0.3, 0.4) is 0 Å². The molecule has 2 rings (SSSR count). The molecule has 0 bridgehead atoms. The Morgan fingerprint density at radius 1 is 1.47 bits per heavy atom. The maximum Gasteiger partial charge on any atom is 0.205 e. The van der Waals surface area contributed by atoms with E-state index in [9.17, 15) is 0 Å². The third-order valence-electron chi connectivity index (χ3n) is 1.93. The summed E-state index contributed by atoms with van der Waals surface area (Å²) < 4.78 is 1.92. The second kappa shape index (κ2) is 4.88. The predicted molar refractivity (Wildman–Crippen MR) is 60.0 cm³/mol. The lowest BCUT2D eigenvalue weighted by Gasteiger charge is -2.02. The van der Waals surface area contributed by atoms with E-state index in [-0.39, 0.29) is 0 Å². The van der Waals surface area contributed by atoms with Gasteiger partial charge in [0.25, 0.3) is 0 Å². The van der Waals surface area contributed by atoms with E-state index in [1.165, 1.54) is 0 Å². The van der Waals surface area contributed by atoms with Crippen LogP contribution in [0.1, 0.15) is 11.4 Å². The van der Waals surface area contributed by atoms with Crippen LogP contribution in [0.2, 0.25) is 0 Å². The van der Waals surface area contributed by atoms with Crippen LogP contribution in [-0.4, -0.2) is 26.5 Å². The predicted octanol–water partition coefficient (Wildman–Crippen LogP) is 1.55. The minimum Gasteiger partial charge on any atom is -0.360 e. The zero-order valence-corrected chi connectivity index (χ0v) is 9.37. The first-order chi connectivity index (χ1) is 7.34. The van der Waals surface area contributed by atoms with E-state index in [1.807, 2.05) is 23.9 Å². The number of aromatic nitrogens is 4. The second-order valence-electron chi connectivity index (χ2n) is 3.18. The summed E-state index contributed by atoms with van der Waals surface area (Å²) in [6.07, 6.45) is 4.79. The van der Waals surface area contributed by atoms with Crippen molar-refractivity contribution in [2.24, 2.45) is 0 Å². The van der Waals surface area contributed by atoms with Gasteiger partial charge in [-0.3, -0.25) is 4.68 Å². The first-order valence-corrected chi connectivity index (χ1v) is 5.67. The number of hydrogen-bond acceptors (Lipinski definition) is 5. The summed E-state index contributed by atoms with van der Waals surface area (Å²) in [5.41, 5.74) is 0. The topological polar surface area (TPSA) is 55.6 Å². The van der Waals surface area contributed by atoms with Crippen molar-refractivity contribution in [3.8, 4) is 0 Å². The van der Waals surface area contributed by atoms with Gasteiger partial charge >= 0.3 is 0 Å². The maximum absolute atomic E-state index is 4.13. The molecule has 0 spiro atoms. The number of hydrogen-bond donors (Lipinski definition) is 1. The van der Waals surface area contributed by atoms with Crippen molar-refractivity contribution in [1.82, 2.24) is 20.0 Å². The van der Waals surface area contributed by atoms with Gasteiger partial charge in [0.15, 0.2) is 0 Å². The Labute approximate surface area is 92.2 Å². The summed E-state index contributed by atoms with van der Waals surface area (Å²) in [7, 11) is 0. The molecule has 2 aromatic heterocycles. The van der Waals surface area contributed by atoms with E-state index in [0.29, 0.717) is 0 Å². The molecule has 1 N–H and O–H groups in total. The highest BCUT2D eigenvalue weighted by molar-refractivity contribution is 7.15. The second-order valence-corrected chi connectivity index (χ2v) is 4.36. The van der Waals surface area contributed by atoms with E-state index in [2.05, 4.69) is 20.6 Å². The van der Waals surface area contributed by atoms with Crippen LogP contribution in [0.15, 0.2) is 18.5 Å². The molecular weight excluding hydrogens is 210 g/mol. The van der Waals surface area contributed by atoms with E-state index in [1.54, 1.807) is 17.5 Å². The normalized spacial score (nSPS) is 10.5. The molecule has 2 aromatic rings. The molecule has 0 radical (unpaired) electrons. The monoisotopic (exact) mass is 223 g/mol. The molecule has 80 valence electrons. The van der Waals surface area contributed by atoms with Gasteiger partial charge in [0.2, 0.25) is 5.13 Å². The lowest BCUT2D eigenvalue weighted by atomic mass is 10.4. The molecule has 0 saturated heterocycles. The van der Waals surface area contributed by atoms with E-state index in [0.717, 1.165) is 29.6 Å². The number of rotatable bonds is 5. The molecule has 0 aliphatic carbocycles. The summed E-state index contributed by atoms with van der Waals surface area (Å²) in [5, 5.41) is 17.2. The van der Waals surface area contributed by atoms with Crippen molar-refractivity contribution in [2.75, 3.05) is 11.9 Å². The van der Waals surface area contributed by atoms with Crippen molar-refractivity contribution in [1.29, 1.82) is 0 Å². The highest BCUT2D eigenvalue weighted by Gasteiger charge is 1.98. The molecule has 5 nitrogen and oxygen atoms in total.